The minimum atomic E-state index is -1.08. The van der Waals surface area contributed by atoms with E-state index in [2.05, 4.69) is 5.10 Å². The molecule has 2 aromatic carbocycles. The maximum atomic E-state index is 13.4. The van der Waals surface area contributed by atoms with Gasteiger partial charge in [-0.15, -0.1) is 0 Å². The zero-order valence-electron chi connectivity index (χ0n) is 12.8. The van der Waals surface area contributed by atoms with Gasteiger partial charge in [0.15, 0.2) is 0 Å². The molecule has 25 heavy (non-hydrogen) atoms. The zero-order chi connectivity index (χ0) is 18.0. The molecule has 0 aliphatic carbocycles. The SMILES string of the molecule is O=C(O)c1cccc(Cn2nc(-c3cc(F)cc(F)c3)ccc2=O)c1. The molecule has 0 atom stereocenters. The molecule has 0 aliphatic heterocycles. The van der Waals surface area contributed by atoms with Gasteiger partial charge in [-0.3, -0.25) is 4.79 Å². The number of nitrogens with zero attached hydrogens (tertiary/aromatic N) is 2. The monoisotopic (exact) mass is 342 g/mol. The largest absolute Gasteiger partial charge is 0.478 e. The number of carboxylic acids is 1. The lowest BCUT2D eigenvalue weighted by molar-refractivity contribution is 0.0696. The van der Waals surface area contributed by atoms with Crippen LogP contribution in [0.4, 0.5) is 8.78 Å². The fraction of sp³-hybridized carbons (Fsp3) is 0.0556. The van der Waals surface area contributed by atoms with Gasteiger partial charge in [0.25, 0.3) is 5.56 Å². The van der Waals surface area contributed by atoms with Gasteiger partial charge >= 0.3 is 5.97 Å². The highest BCUT2D eigenvalue weighted by Gasteiger charge is 2.09. The first-order chi connectivity index (χ1) is 11.9. The highest BCUT2D eigenvalue weighted by Crippen LogP contribution is 2.18. The molecule has 5 nitrogen and oxygen atoms in total. The molecule has 3 rings (SSSR count). The van der Waals surface area contributed by atoms with Gasteiger partial charge in [-0.1, -0.05) is 12.1 Å². The maximum absolute atomic E-state index is 13.4. The third-order valence-electron chi connectivity index (χ3n) is 3.53. The number of rotatable bonds is 4. The molecular formula is C18H12F2N2O3. The van der Waals surface area contributed by atoms with Gasteiger partial charge in [0.1, 0.15) is 11.6 Å². The lowest BCUT2D eigenvalue weighted by Crippen LogP contribution is -2.23. The van der Waals surface area contributed by atoms with Crippen molar-refractivity contribution in [1.29, 1.82) is 0 Å². The molecule has 0 saturated carbocycles. The number of carboxylic acid groups (broad SMARTS) is 1. The van der Waals surface area contributed by atoms with Crippen molar-refractivity contribution in [3.63, 3.8) is 0 Å². The number of hydrogen-bond donors (Lipinski definition) is 1. The van der Waals surface area contributed by atoms with E-state index in [9.17, 15) is 18.4 Å². The van der Waals surface area contributed by atoms with E-state index in [4.69, 9.17) is 5.11 Å². The summed E-state index contributed by atoms with van der Waals surface area (Å²) in [4.78, 5) is 23.0. The van der Waals surface area contributed by atoms with Crippen LogP contribution in [-0.2, 0) is 6.54 Å². The molecule has 0 saturated heterocycles. The molecule has 0 bridgehead atoms. The Balaban J connectivity index is 1.99. The fourth-order valence-corrected chi connectivity index (χ4v) is 2.39. The Morgan fingerprint density at radius 3 is 2.44 bits per heavy atom. The van der Waals surface area contributed by atoms with Gasteiger partial charge < -0.3 is 5.11 Å². The minimum absolute atomic E-state index is 0.0333. The van der Waals surface area contributed by atoms with Crippen LogP contribution in [0.2, 0.25) is 0 Å². The Morgan fingerprint density at radius 2 is 1.76 bits per heavy atom. The Hall–Kier alpha value is -3.35. The molecule has 0 amide bonds. The van der Waals surface area contributed by atoms with E-state index in [1.807, 2.05) is 0 Å². The first kappa shape index (κ1) is 16.5. The van der Waals surface area contributed by atoms with Crippen molar-refractivity contribution in [2.24, 2.45) is 0 Å². The Kier molecular flexibility index (Phi) is 4.38. The third kappa shape index (κ3) is 3.77. The number of halogens is 2. The number of hydrogen-bond acceptors (Lipinski definition) is 3. The molecule has 1 heterocycles. The van der Waals surface area contributed by atoms with Crippen molar-refractivity contribution < 1.29 is 18.7 Å². The van der Waals surface area contributed by atoms with Gasteiger partial charge in [-0.2, -0.15) is 5.10 Å². The summed E-state index contributed by atoms with van der Waals surface area (Å²) in [5, 5.41) is 13.1. The van der Waals surface area contributed by atoms with Crippen LogP contribution in [-0.4, -0.2) is 20.9 Å². The second-order valence-electron chi connectivity index (χ2n) is 5.38. The van der Waals surface area contributed by atoms with Gasteiger partial charge in [0, 0.05) is 17.7 Å². The molecule has 0 fully saturated rings. The van der Waals surface area contributed by atoms with Crippen molar-refractivity contribution in [3.8, 4) is 11.3 Å². The average molecular weight is 342 g/mol. The van der Waals surface area contributed by atoms with Crippen LogP contribution in [0.3, 0.4) is 0 Å². The van der Waals surface area contributed by atoms with E-state index in [1.165, 1.54) is 24.3 Å². The minimum Gasteiger partial charge on any atom is -0.478 e. The Bertz CT molecular complexity index is 995. The molecular weight excluding hydrogens is 330 g/mol. The van der Waals surface area contributed by atoms with Crippen LogP contribution in [0.5, 0.6) is 0 Å². The van der Waals surface area contributed by atoms with E-state index in [1.54, 1.807) is 12.1 Å². The lowest BCUT2D eigenvalue weighted by Gasteiger charge is -2.08. The summed E-state index contributed by atoms with van der Waals surface area (Å²) in [6.45, 7) is 0.0333. The Morgan fingerprint density at radius 1 is 1.04 bits per heavy atom. The van der Waals surface area contributed by atoms with Gasteiger partial charge in [0.05, 0.1) is 17.8 Å². The van der Waals surface area contributed by atoms with Crippen LogP contribution in [0, 0.1) is 11.6 Å². The third-order valence-corrected chi connectivity index (χ3v) is 3.53. The molecule has 3 aromatic rings. The number of aromatic nitrogens is 2. The first-order valence-corrected chi connectivity index (χ1v) is 7.29. The number of benzene rings is 2. The van der Waals surface area contributed by atoms with Crippen molar-refractivity contribution in [1.82, 2.24) is 9.78 Å². The van der Waals surface area contributed by atoms with Gasteiger partial charge in [-0.25, -0.2) is 18.3 Å². The number of aromatic carboxylic acids is 1. The molecule has 1 aromatic heterocycles. The lowest BCUT2D eigenvalue weighted by atomic mass is 10.1. The summed E-state index contributed by atoms with van der Waals surface area (Å²) < 4.78 is 27.8. The highest BCUT2D eigenvalue weighted by atomic mass is 19.1. The van der Waals surface area contributed by atoms with Gasteiger partial charge in [0.2, 0.25) is 0 Å². The summed E-state index contributed by atoms with van der Waals surface area (Å²) in [7, 11) is 0. The fourth-order valence-electron chi connectivity index (χ4n) is 2.39. The Labute approximate surface area is 140 Å². The number of carbonyl (C=O) groups is 1. The standard InChI is InChI=1S/C18H12F2N2O3/c19-14-7-13(8-15(20)9-14)16-4-5-17(23)22(21-16)10-11-2-1-3-12(6-11)18(24)25/h1-9H,10H2,(H,24,25). The predicted molar refractivity (Wildman–Crippen MR) is 86.4 cm³/mol. The van der Waals surface area contributed by atoms with E-state index >= 15 is 0 Å². The highest BCUT2D eigenvalue weighted by molar-refractivity contribution is 5.87. The molecule has 7 heteroatoms. The van der Waals surface area contributed by atoms with Crippen molar-refractivity contribution in [3.05, 3.63) is 87.7 Å². The predicted octanol–water partition coefficient (Wildman–Crippen LogP) is 2.94. The summed E-state index contributed by atoms with van der Waals surface area (Å²) in [6.07, 6.45) is 0. The van der Waals surface area contributed by atoms with Crippen LogP contribution in [0.25, 0.3) is 11.3 Å². The molecule has 0 unspecified atom stereocenters. The second-order valence-corrected chi connectivity index (χ2v) is 5.38. The maximum Gasteiger partial charge on any atom is 0.335 e. The molecule has 0 spiro atoms. The van der Waals surface area contributed by atoms with E-state index in [0.717, 1.165) is 22.9 Å². The van der Waals surface area contributed by atoms with Crippen molar-refractivity contribution in [2.45, 2.75) is 6.54 Å². The quantitative estimate of drug-likeness (QED) is 0.791. The average Bonchev–Trinajstić information content (AvgIpc) is 2.56. The van der Waals surface area contributed by atoms with Crippen LogP contribution < -0.4 is 5.56 Å². The summed E-state index contributed by atoms with van der Waals surface area (Å²) in [6, 6.07) is 11.7. The summed E-state index contributed by atoms with van der Waals surface area (Å²) >= 11 is 0. The molecule has 0 radical (unpaired) electrons. The zero-order valence-corrected chi connectivity index (χ0v) is 12.8. The van der Waals surface area contributed by atoms with Crippen molar-refractivity contribution >= 4 is 5.97 Å². The molecule has 1 N–H and O–H groups in total. The van der Waals surface area contributed by atoms with Gasteiger partial charge in [-0.05, 0) is 35.9 Å². The van der Waals surface area contributed by atoms with Crippen molar-refractivity contribution in [2.75, 3.05) is 0 Å². The molecule has 0 aliphatic rings. The first-order valence-electron chi connectivity index (χ1n) is 7.29. The summed E-state index contributed by atoms with van der Waals surface area (Å²) in [5.74, 6) is -2.57. The van der Waals surface area contributed by atoms with E-state index < -0.39 is 23.2 Å². The van der Waals surface area contributed by atoms with E-state index in [0.29, 0.717) is 5.56 Å². The molecule has 126 valence electrons. The second kappa shape index (κ2) is 6.64. The van der Waals surface area contributed by atoms with Crippen LogP contribution >= 0.6 is 0 Å². The topological polar surface area (TPSA) is 72.2 Å². The summed E-state index contributed by atoms with van der Waals surface area (Å²) in [5.41, 5.74) is 0.672. The smallest absolute Gasteiger partial charge is 0.335 e. The van der Waals surface area contributed by atoms with E-state index in [-0.39, 0.29) is 23.4 Å². The van der Waals surface area contributed by atoms with Crippen LogP contribution in [0.1, 0.15) is 15.9 Å². The van der Waals surface area contributed by atoms with Crippen LogP contribution in [0.15, 0.2) is 59.4 Å². The normalized spacial score (nSPS) is 10.6.